The van der Waals surface area contributed by atoms with E-state index in [1.807, 2.05) is 13.8 Å². The zero-order valence-corrected chi connectivity index (χ0v) is 18.6. The van der Waals surface area contributed by atoms with E-state index < -0.39 is 12.7 Å². The molecule has 0 fully saturated rings. The van der Waals surface area contributed by atoms with Crippen molar-refractivity contribution in [3.8, 4) is 11.5 Å². The van der Waals surface area contributed by atoms with E-state index in [2.05, 4.69) is 10.5 Å². The van der Waals surface area contributed by atoms with Gasteiger partial charge in [0.2, 0.25) is 5.91 Å². The Hall–Kier alpha value is -3.01. The van der Waals surface area contributed by atoms with Crippen LogP contribution in [0.15, 0.2) is 28.8 Å². The molecule has 1 heterocycles. The summed E-state index contributed by atoms with van der Waals surface area (Å²) in [5.41, 5.74) is 2.36. The second-order valence-electron chi connectivity index (χ2n) is 7.33. The smallest absolute Gasteiger partial charge is 0.401 e. The molecule has 0 atom stereocenters. The zero-order chi connectivity index (χ0) is 23.7. The predicted molar refractivity (Wildman–Crippen MR) is 114 cm³/mol. The number of carbonyl (C=O) groups excluding carboxylic acids is 1. The number of rotatable bonds is 11. The highest BCUT2D eigenvalue weighted by molar-refractivity contribution is 5.91. The maximum Gasteiger partial charge on any atom is 0.401 e. The number of methoxy groups -OCH3 is 1. The molecule has 0 bridgehead atoms. The van der Waals surface area contributed by atoms with Gasteiger partial charge in [0, 0.05) is 12.6 Å². The number of alkyl halides is 3. The minimum Gasteiger partial charge on any atom is -0.493 e. The van der Waals surface area contributed by atoms with Gasteiger partial charge in [-0.2, -0.15) is 13.2 Å². The van der Waals surface area contributed by atoms with Gasteiger partial charge in [-0.15, -0.1) is 0 Å². The SMILES string of the molecule is COc1cc(C=CC(=O)NCCCN(C)CC(F)(F)F)ccc1OCc1c(C)noc1C. The number of amides is 1. The van der Waals surface area contributed by atoms with E-state index in [9.17, 15) is 18.0 Å². The molecule has 1 aromatic carbocycles. The van der Waals surface area contributed by atoms with Crippen molar-refractivity contribution in [3.05, 3.63) is 46.9 Å². The van der Waals surface area contributed by atoms with Gasteiger partial charge in [0.15, 0.2) is 11.5 Å². The summed E-state index contributed by atoms with van der Waals surface area (Å²) < 4.78 is 53.2. The molecule has 32 heavy (non-hydrogen) atoms. The summed E-state index contributed by atoms with van der Waals surface area (Å²) in [5.74, 6) is 1.41. The quantitative estimate of drug-likeness (QED) is 0.409. The molecule has 0 unspecified atom stereocenters. The Kier molecular flexibility index (Phi) is 9.13. The monoisotopic (exact) mass is 455 g/mol. The van der Waals surface area contributed by atoms with Crippen LogP contribution in [0.3, 0.4) is 0 Å². The molecule has 0 saturated carbocycles. The molecule has 0 aliphatic heterocycles. The van der Waals surface area contributed by atoms with Crippen molar-refractivity contribution in [3.63, 3.8) is 0 Å². The number of nitrogens with zero attached hydrogens (tertiary/aromatic N) is 2. The topological polar surface area (TPSA) is 76.8 Å². The van der Waals surface area contributed by atoms with Crippen molar-refractivity contribution in [1.29, 1.82) is 0 Å². The van der Waals surface area contributed by atoms with Crippen LogP contribution in [0.4, 0.5) is 13.2 Å². The molecular formula is C22H28F3N3O4. The number of aryl methyl sites for hydroxylation is 2. The summed E-state index contributed by atoms with van der Waals surface area (Å²) in [6, 6.07) is 5.25. The standard InChI is InChI=1S/C22H28F3N3O4/c1-15-18(16(2)32-27-15)13-31-19-8-6-17(12-20(19)30-4)7-9-21(29)26-10-5-11-28(3)14-22(23,24)25/h6-9,12H,5,10-11,13-14H2,1-4H3,(H,26,29). The Morgan fingerprint density at radius 1 is 1.28 bits per heavy atom. The number of benzene rings is 1. The van der Waals surface area contributed by atoms with Gasteiger partial charge in [0.25, 0.3) is 0 Å². The second-order valence-corrected chi connectivity index (χ2v) is 7.33. The molecule has 1 N–H and O–H groups in total. The minimum absolute atomic E-state index is 0.232. The van der Waals surface area contributed by atoms with Crippen molar-refractivity contribution in [2.24, 2.45) is 0 Å². The molecule has 7 nitrogen and oxygen atoms in total. The number of ether oxygens (including phenoxy) is 2. The van der Waals surface area contributed by atoms with Crippen LogP contribution >= 0.6 is 0 Å². The van der Waals surface area contributed by atoms with Gasteiger partial charge < -0.3 is 19.3 Å². The third-order valence-electron chi connectivity index (χ3n) is 4.63. The Bertz CT molecular complexity index is 906. The maximum atomic E-state index is 12.3. The van der Waals surface area contributed by atoms with E-state index in [1.54, 1.807) is 24.3 Å². The molecule has 2 aromatic rings. The Morgan fingerprint density at radius 3 is 2.66 bits per heavy atom. The molecule has 0 aliphatic carbocycles. The molecule has 10 heteroatoms. The van der Waals surface area contributed by atoms with E-state index in [-0.39, 0.29) is 25.6 Å². The summed E-state index contributed by atoms with van der Waals surface area (Å²) in [4.78, 5) is 13.1. The zero-order valence-electron chi connectivity index (χ0n) is 18.6. The molecule has 176 valence electrons. The van der Waals surface area contributed by atoms with Crippen LogP contribution in [-0.2, 0) is 11.4 Å². The fraction of sp³-hybridized carbons (Fsp3) is 0.455. The van der Waals surface area contributed by atoms with Crippen molar-refractivity contribution in [1.82, 2.24) is 15.4 Å². The lowest BCUT2D eigenvalue weighted by Gasteiger charge is -2.18. The summed E-state index contributed by atoms with van der Waals surface area (Å²) in [6.45, 7) is 3.48. The fourth-order valence-electron chi connectivity index (χ4n) is 2.94. The van der Waals surface area contributed by atoms with Crippen LogP contribution in [0.2, 0.25) is 0 Å². The van der Waals surface area contributed by atoms with Crippen molar-refractivity contribution in [2.75, 3.05) is 33.8 Å². The lowest BCUT2D eigenvalue weighted by molar-refractivity contribution is -0.143. The van der Waals surface area contributed by atoms with E-state index in [1.165, 1.54) is 25.1 Å². The van der Waals surface area contributed by atoms with Crippen LogP contribution in [0.1, 0.15) is 29.0 Å². The van der Waals surface area contributed by atoms with Crippen molar-refractivity contribution < 1.29 is 32.0 Å². The van der Waals surface area contributed by atoms with Crippen molar-refractivity contribution >= 4 is 12.0 Å². The summed E-state index contributed by atoms with van der Waals surface area (Å²) in [7, 11) is 2.92. The second kappa shape index (κ2) is 11.6. The highest BCUT2D eigenvalue weighted by Crippen LogP contribution is 2.30. The first-order valence-electron chi connectivity index (χ1n) is 10.0. The van der Waals surface area contributed by atoms with Crippen LogP contribution < -0.4 is 14.8 Å². The molecule has 2 rings (SSSR count). The predicted octanol–water partition coefficient (Wildman–Crippen LogP) is 3.89. The minimum atomic E-state index is -4.23. The molecule has 1 aromatic heterocycles. The first-order valence-corrected chi connectivity index (χ1v) is 10.0. The first-order chi connectivity index (χ1) is 15.1. The van der Waals surface area contributed by atoms with Crippen LogP contribution in [0.25, 0.3) is 6.08 Å². The number of hydrogen-bond acceptors (Lipinski definition) is 6. The number of hydrogen-bond donors (Lipinski definition) is 1. The summed E-state index contributed by atoms with van der Waals surface area (Å²) in [6.07, 6.45) is -0.835. The Balaban J connectivity index is 1.83. The lowest BCUT2D eigenvalue weighted by Crippen LogP contribution is -2.33. The van der Waals surface area contributed by atoms with E-state index in [0.29, 0.717) is 23.7 Å². The maximum absolute atomic E-state index is 12.3. The first kappa shape index (κ1) is 25.3. The van der Waals surface area contributed by atoms with Gasteiger partial charge >= 0.3 is 6.18 Å². The number of halogens is 3. The van der Waals surface area contributed by atoms with Crippen LogP contribution in [0.5, 0.6) is 11.5 Å². The van der Waals surface area contributed by atoms with Gasteiger partial charge in [-0.05, 0) is 57.6 Å². The van der Waals surface area contributed by atoms with Crippen molar-refractivity contribution in [2.45, 2.75) is 33.1 Å². The Labute approximate surface area is 185 Å². The number of carbonyl (C=O) groups is 1. The molecule has 0 saturated heterocycles. The lowest BCUT2D eigenvalue weighted by atomic mass is 10.2. The highest BCUT2D eigenvalue weighted by atomic mass is 19.4. The largest absolute Gasteiger partial charge is 0.493 e. The summed E-state index contributed by atoms with van der Waals surface area (Å²) in [5, 5.41) is 6.55. The third kappa shape index (κ3) is 8.26. The average Bonchev–Trinajstić information content (AvgIpc) is 3.04. The van der Waals surface area contributed by atoms with Gasteiger partial charge in [-0.25, -0.2) is 0 Å². The third-order valence-corrected chi connectivity index (χ3v) is 4.63. The van der Waals surface area contributed by atoms with Gasteiger partial charge in [-0.3, -0.25) is 9.69 Å². The van der Waals surface area contributed by atoms with Crippen LogP contribution in [-0.4, -0.2) is 55.9 Å². The van der Waals surface area contributed by atoms with E-state index >= 15 is 0 Å². The highest BCUT2D eigenvalue weighted by Gasteiger charge is 2.28. The van der Waals surface area contributed by atoms with Gasteiger partial charge in [-0.1, -0.05) is 11.2 Å². The van der Waals surface area contributed by atoms with Gasteiger partial charge in [0.05, 0.1) is 24.9 Å². The average molecular weight is 455 g/mol. The van der Waals surface area contributed by atoms with Gasteiger partial charge in [0.1, 0.15) is 12.4 Å². The molecule has 1 amide bonds. The Morgan fingerprint density at radius 2 is 2.03 bits per heavy atom. The van der Waals surface area contributed by atoms with E-state index in [0.717, 1.165) is 16.8 Å². The van der Waals surface area contributed by atoms with Crippen LogP contribution in [0, 0.1) is 13.8 Å². The molecule has 0 radical (unpaired) electrons. The fourth-order valence-corrected chi connectivity index (χ4v) is 2.94. The number of nitrogens with one attached hydrogen (secondary N) is 1. The summed E-state index contributed by atoms with van der Waals surface area (Å²) >= 11 is 0. The van der Waals surface area contributed by atoms with E-state index in [4.69, 9.17) is 14.0 Å². The normalized spacial score (nSPS) is 11.9. The molecule has 0 spiro atoms. The molecular weight excluding hydrogens is 427 g/mol. The number of aromatic nitrogens is 1. The molecule has 0 aliphatic rings.